The van der Waals surface area contributed by atoms with Crippen molar-refractivity contribution in [3.8, 4) is 0 Å². The number of amides is 2. The number of piperidine rings is 1. The molecular weight excluding hydrogens is 282 g/mol. The Morgan fingerprint density at radius 2 is 2.18 bits per heavy atom. The molecule has 2 amide bonds. The first-order valence-corrected chi connectivity index (χ1v) is 7.71. The highest BCUT2D eigenvalue weighted by atomic mass is 16.5. The van der Waals surface area contributed by atoms with Gasteiger partial charge in [-0.15, -0.1) is 0 Å². The van der Waals surface area contributed by atoms with Gasteiger partial charge in [0.1, 0.15) is 11.4 Å². The van der Waals surface area contributed by atoms with Crippen LogP contribution < -0.4 is 4.90 Å². The van der Waals surface area contributed by atoms with Crippen molar-refractivity contribution in [2.75, 3.05) is 51.8 Å². The molecule has 2 aliphatic rings. The maximum absolute atomic E-state index is 12.2. The van der Waals surface area contributed by atoms with Crippen LogP contribution in [0.25, 0.3) is 0 Å². The average molecular weight is 305 g/mol. The van der Waals surface area contributed by atoms with E-state index in [1.807, 2.05) is 4.90 Å². The number of carbonyl (C=O) groups excluding carboxylic acids is 1. The molecule has 1 atom stereocenters. The fourth-order valence-electron chi connectivity index (χ4n) is 3.29. The molecule has 2 saturated heterocycles. The zero-order valence-corrected chi connectivity index (χ0v) is 13.2. The van der Waals surface area contributed by atoms with E-state index in [9.17, 15) is 4.79 Å². The van der Waals surface area contributed by atoms with Crippen molar-refractivity contribution in [1.82, 2.24) is 19.8 Å². The number of hydrogen-bond acceptors (Lipinski definition) is 5. The summed E-state index contributed by atoms with van der Waals surface area (Å²) in [7, 11) is 3.58. The van der Waals surface area contributed by atoms with Crippen molar-refractivity contribution in [2.45, 2.75) is 18.4 Å². The Hall–Kier alpha value is -1.89. The third-order valence-corrected chi connectivity index (χ3v) is 4.31. The van der Waals surface area contributed by atoms with Crippen molar-refractivity contribution in [2.24, 2.45) is 0 Å². The molecule has 0 aliphatic carbocycles. The van der Waals surface area contributed by atoms with Gasteiger partial charge < -0.3 is 19.4 Å². The van der Waals surface area contributed by atoms with E-state index in [2.05, 4.69) is 14.9 Å². The smallest absolute Gasteiger partial charge is 0.319 e. The molecule has 0 aromatic carbocycles. The first kappa shape index (κ1) is 15.0. The van der Waals surface area contributed by atoms with Crippen LogP contribution in [0.3, 0.4) is 0 Å². The number of urea groups is 1. The van der Waals surface area contributed by atoms with Crippen LogP contribution in [-0.2, 0) is 4.74 Å². The van der Waals surface area contributed by atoms with E-state index in [0.29, 0.717) is 19.7 Å². The van der Waals surface area contributed by atoms with E-state index >= 15 is 0 Å². The molecule has 1 aromatic heterocycles. The largest absolute Gasteiger partial charge is 0.369 e. The monoisotopic (exact) mass is 305 g/mol. The van der Waals surface area contributed by atoms with Gasteiger partial charge in [0, 0.05) is 39.6 Å². The van der Waals surface area contributed by atoms with E-state index in [1.54, 1.807) is 37.6 Å². The third-order valence-electron chi connectivity index (χ3n) is 4.31. The van der Waals surface area contributed by atoms with Crippen LogP contribution in [-0.4, -0.2) is 78.3 Å². The Labute approximate surface area is 130 Å². The van der Waals surface area contributed by atoms with Crippen LogP contribution in [0.15, 0.2) is 18.6 Å². The Morgan fingerprint density at radius 1 is 1.32 bits per heavy atom. The Kier molecular flexibility index (Phi) is 4.15. The maximum Gasteiger partial charge on any atom is 0.319 e. The molecule has 7 nitrogen and oxygen atoms in total. The van der Waals surface area contributed by atoms with Crippen LogP contribution in [0.1, 0.15) is 12.8 Å². The van der Waals surface area contributed by atoms with Gasteiger partial charge in [-0.05, 0) is 12.8 Å². The van der Waals surface area contributed by atoms with Crippen molar-refractivity contribution in [1.29, 1.82) is 0 Å². The minimum atomic E-state index is -0.292. The molecule has 3 rings (SSSR count). The Bertz CT molecular complexity index is 520. The number of ether oxygens (including phenoxy) is 1. The summed E-state index contributed by atoms with van der Waals surface area (Å²) in [5.41, 5.74) is -0.292. The molecule has 0 bridgehead atoms. The van der Waals surface area contributed by atoms with Gasteiger partial charge in [-0.2, -0.15) is 0 Å². The molecule has 0 unspecified atom stereocenters. The molecule has 0 radical (unpaired) electrons. The fourth-order valence-corrected chi connectivity index (χ4v) is 3.29. The van der Waals surface area contributed by atoms with E-state index in [0.717, 1.165) is 31.7 Å². The summed E-state index contributed by atoms with van der Waals surface area (Å²) in [6.45, 7) is 3.59. The number of rotatable bonds is 1. The van der Waals surface area contributed by atoms with Crippen LogP contribution in [0.4, 0.5) is 10.6 Å². The standard InChI is InChI=1S/C15H23N5O2/c1-18(2)14(21)20-8-9-22-15(12-20)4-3-7-19(11-15)13-10-16-5-6-17-13/h5-6,10H,3-4,7-9,11-12H2,1-2H3/t15-/m1/s1. The predicted molar refractivity (Wildman–Crippen MR) is 82.8 cm³/mol. The van der Waals surface area contributed by atoms with Crippen molar-refractivity contribution < 1.29 is 9.53 Å². The fraction of sp³-hybridized carbons (Fsp3) is 0.667. The van der Waals surface area contributed by atoms with E-state index < -0.39 is 0 Å². The van der Waals surface area contributed by atoms with Gasteiger partial charge in [0.2, 0.25) is 0 Å². The van der Waals surface area contributed by atoms with Crippen LogP contribution in [0.2, 0.25) is 0 Å². The molecule has 0 saturated carbocycles. The Balaban J connectivity index is 1.73. The van der Waals surface area contributed by atoms with E-state index in [4.69, 9.17) is 4.74 Å². The number of anilines is 1. The summed E-state index contributed by atoms with van der Waals surface area (Å²) in [5, 5.41) is 0. The molecule has 3 heterocycles. The molecule has 2 aliphatic heterocycles. The highest BCUT2D eigenvalue weighted by molar-refractivity contribution is 5.74. The van der Waals surface area contributed by atoms with Gasteiger partial charge in [0.15, 0.2) is 0 Å². The van der Waals surface area contributed by atoms with Crippen LogP contribution in [0, 0.1) is 0 Å². The predicted octanol–water partition coefficient (Wildman–Crippen LogP) is 0.829. The number of carbonyl (C=O) groups is 1. The molecule has 7 heteroatoms. The number of morpholine rings is 1. The summed E-state index contributed by atoms with van der Waals surface area (Å²) in [6.07, 6.45) is 7.17. The molecule has 1 spiro atoms. The topological polar surface area (TPSA) is 61.8 Å². The van der Waals surface area contributed by atoms with E-state index in [-0.39, 0.29) is 11.6 Å². The van der Waals surface area contributed by atoms with Crippen LogP contribution >= 0.6 is 0 Å². The first-order valence-electron chi connectivity index (χ1n) is 7.71. The van der Waals surface area contributed by atoms with E-state index in [1.165, 1.54) is 0 Å². The third kappa shape index (κ3) is 2.99. The van der Waals surface area contributed by atoms with Crippen molar-refractivity contribution in [3.63, 3.8) is 0 Å². The average Bonchev–Trinajstić information content (AvgIpc) is 2.55. The summed E-state index contributed by atoms with van der Waals surface area (Å²) < 4.78 is 6.12. The quantitative estimate of drug-likeness (QED) is 0.769. The summed E-state index contributed by atoms with van der Waals surface area (Å²) >= 11 is 0. The summed E-state index contributed by atoms with van der Waals surface area (Å²) in [5.74, 6) is 0.876. The van der Waals surface area contributed by atoms with Gasteiger partial charge in [-0.25, -0.2) is 9.78 Å². The van der Waals surface area contributed by atoms with Crippen molar-refractivity contribution in [3.05, 3.63) is 18.6 Å². The molecule has 0 N–H and O–H groups in total. The maximum atomic E-state index is 12.2. The van der Waals surface area contributed by atoms with Gasteiger partial charge in [-0.3, -0.25) is 4.98 Å². The number of aromatic nitrogens is 2. The SMILES string of the molecule is CN(C)C(=O)N1CCO[C@@]2(CCCN(c3cnccn3)C2)C1. The van der Waals surface area contributed by atoms with Gasteiger partial charge in [0.05, 0.1) is 25.9 Å². The minimum absolute atomic E-state index is 0.0549. The lowest BCUT2D eigenvalue weighted by Gasteiger charge is -2.48. The molecule has 22 heavy (non-hydrogen) atoms. The zero-order chi connectivity index (χ0) is 15.6. The number of hydrogen-bond donors (Lipinski definition) is 0. The van der Waals surface area contributed by atoms with Gasteiger partial charge in [0.25, 0.3) is 0 Å². The van der Waals surface area contributed by atoms with Crippen molar-refractivity contribution >= 4 is 11.8 Å². The second-order valence-corrected chi connectivity index (χ2v) is 6.22. The highest BCUT2D eigenvalue weighted by Crippen LogP contribution is 2.31. The lowest BCUT2D eigenvalue weighted by atomic mass is 9.90. The molecule has 120 valence electrons. The van der Waals surface area contributed by atoms with Gasteiger partial charge in [-0.1, -0.05) is 0 Å². The minimum Gasteiger partial charge on any atom is -0.369 e. The Morgan fingerprint density at radius 3 is 2.91 bits per heavy atom. The first-order chi connectivity index (χ1) is 10.6. The summed E-state index contributed by atoms with van der Waals surface area (Å²) in [6, 6.07) is 0.0549. The zero-order valence-electron chi connectivity index (χ0n) is 13.2. The molecular formula is C15H23N5O2. The van der Waals surface area contributed by atoms with Crippen LogP contribution in [0.5, 0.6) is 0 Å². The highest BCUT2D eigenvalue weighted by Gasteiger charge is 2.42. The number of nitrogens with zero attached hydrogens (tertiary/aromatic N) is 5. The lowest BCUT2D eigenvalue weighted by Crippen LogP contribution is -2.61. The molecule has 1 aromatic rings. The lowest BCUT2D eigenvalue weighted by molar-refractivity contribution is -0.104. The summed E-state index contributed by atoms with van der Waals surface area (Å²) in [4.78, 5) is 26.5. The van der Waals surface area contributed by atoms with Gasteiger partial charge >= 0.3 is 6.03 Å². The normalized spacial score (nSPS) is 25.4. The second kappa shape index (κ2) is 6.08. The second-order valence-electron chi connectivity index (χ2n) is 6.22. The molecule has 2 fully saturated rings.